The van der Waals surface area contributed by atoms with Gasteiger partial charge in [0, 0.05) is 4.47 Å². The van der Waals surface area contributed by atoms with E-state index in [0.29, 0.717) is 0 Å². The van der Waals surface area contributed by atoms with Crippen molar-refractivity contribution in [2.75, 3.05) is 5.32 Å². The summed E-state index contributed by atoms with van der Waals surface area (Å²) < 4.78 is 0.926. The van der Waals surface area contributed by atoms with Crippen molar-refractivity contribution in [1.82, 2.24) is 0 Å². The first kappa shape index (κ1) is 12.6. The van der Waals surface area contributed by atoms with Crippen LogP contribution >= 0.6 is 15.9 Å². The van der Waals surface area contributed by atoms with Crippen molar-refractivity contribution < 1.29 is 4.79 Å². The summed E-state index contributed by atoms with van der Waals surface area (Å²) in [5.74, 6) is -0.0682. The molecule has 1 aliphatic rings. The van der Waals surface area contributed by atoms with Gasteiger partial charge in [0.2, 0.25) is 5.91 Å². The van der Waals surface area contributed by atoms with E-state index in [4.69, 9.17) is 5.73 Å². The van der Waals surface area contributed by atoms with Crippen LogP contribution in [0.4, 0.5) is 5.69 Å². The third-order valence-corrected chi connectivity index (χ3v) is 4.44. The first-order valence-corrected chi connectivity index (χ1v) is 6.68. The minimum absolute atomic E-state index is 0.0682. The molecule has 0 bridgehead atoms. The highest BCUT2D eigenvalue weighted by Crippen LogP contribution is 2.31. The summed E-state index contributed by atoms with van der Waals surface area (Å²) in [5, 5.41) is 2.92. The van der Waals surface area contributed by atoms with E-state index in [1.54, 1.807) is 0 Å². The predicted octanol–water partition coefficient (Wildman–Crippen LogP) is 2.97. The van der Waals surface area contributed by atoms with Gasteiger partial charge >= 0.3 is 0 Å². The molecule has 0 aliphatic heterocycles. The summed E-state index contributed by atoms with van der Waals surface area (Å²) in [7, 11) is 0. The number of aryl methyl sites for hydroxylation is 1. The van der Waals surface area contributed by atoms with Crippen LogP contribution in [-0.2, 0) is 4.79 Å². The van der Waals surface area contributed by atoms with Crippen molar-refractivity contribution in [3.05, 3.63) is 28.2 Å². The topological polar surface area (TPSA) is 55.1 Å². The van der Waals surface area contributed by atoms with E-state index in [-0.39, 0.29) is 5.91 Å². The van der Waals surface area contributed by atoms with Gasteiger partial charge in [-0.05, 0) is 47.3 Å². The van der Waals surface area contributed by atoms with Gasteiger partial charge in [0.1, 0.15) is 0 Å². The number of nitrogens with two attached hydrogens (primary N) is 1. The maximum atomic E-state index is 12.1. The van der Waals surface area contributed by atoms with E-state index < -0.39 is 5.54 Å². The molecule has 3 nitrogen and oxygen atoms in total. The fourth-order valence-electron chi connectivity index (χ4n) is 2.22. The Labute approximate surface area is 110 Å². The highest BCUT2D eigenvalue weighted by atomic mass is 79.9. The van der Waals surface area contributed by atoms with Crippen LogP contribution in [0.2, 0.25) is 0 Å². The van der Waals surface area contributed by atoms with E-state index in [1.165, 1.54) is 0 Å². The zero-order valence-electron chi connectivity index (χ0n) is 9.92. The van der Waals surface area contributed by atoms with Gasteiger partial charge in [0.15, 0.2) is 0 Å². The Morgan fingerprint density at radius 2 is 2.06 bits per heavy atom. The predicted molar refractivity (Wildman–Crippen MR) is 72.9 cm³/mol. The van der Waals surface area contributed by atoms with E-state index in [2.05, 4.69) is 21.2 Å². The van der Waals surface area contributed by atoms with Crippen LogP contribution in [0.1, 0.15) is 31.2 Å². The Hall–Kier alpha value is -0.870. The SMILES string of the molecule is Cc1cccc(NC(=O)C2(N)CCCC2)c1Br. The molecule has 1 aliphatic carbocycles. The third kappa shape index (κ3) is 2.53. The second-order valence-corrected chi connectivity index (χ2v) is 5.55. The van der Waals surface area contributed by atoms with Gasteiger partial charge in [0.25, 0.3) is 0 Å². The summed E-state index contributed by atoms with van der Waals surface area (Å²) >= 11 is 3.48. The summed E-state index contributed by atoms with van der Waals surface area (Å²) in [6.07, 6.45) is 3.64. The Morgan fingerprint density at radius 1 is 1.41 bits per heavy atom. The fraction of sp³-hybridized carbons (Fsp3) is 0.462. The minimum Gasteiger partial charge on any atom is -0.323 e. The number of nitrogens with one attached hydrogen (secondary N) is 1. The summed E-state index contributed by atoms with van der Waals surface area (Å²) in [4.78, 5) is 12.1. The van der Waals surface area contributed by atoms with Crippen LogP contribution in [0, 0.1) is 6.92 Å². The molecule has 0 heterocycles. The van der Waals surface area contributed by atoms with Crippen molar-refractivity contribution >= 4 is 27.5 Å². The second-order valence-electron chi connectivity index (χ2n) is 4.75. The monoisotopic (exact) mass is 296 g/mol. The molecule has 1 aromatic rings. The van der Waals surface area contributed by atoms with Gasteiger partial charge in [-0.1, -0.05) is 25.0 Å². The average Bonchev–Trinajstić information content (AvgIpc) is 2.73. The van der Waals surface area contributed by atoms with Gasteiger partial charge in [-0.2, -0.15) is 0 Å². The quantitative estimate of drug-likeness (QED) is 0.881. The maximum Gasteiger partial charge on any atom is 0.244 e. The smallest absolute Gasteiger partial charge is 0.244 e. The second kappa shape index (κ2) is 4.78. The normalized spacial score (nSPS) is 18.1. The lowest BCUT2D eigenvalue weighted by molar-refractivity contribution is -0.121. The highest BCUT2D eigenvalue weighted by Gasteiger charge is 2.37. The summed E-state index contributed by atoms with van der Waals surface area (Å²) in [5.41, 5.74) is 7.33. The molecule has 17 heavy (non-hydrogen) atoms. The van der Waals surface area contributed by atoms with Gasteiger partial charge in [-0.25, -0.2) is 0 Å². The molecule has 0 radical (unpaired) electrons. The van der Waals surface area contributed by atoms with E-state index in [9.17, 15) is 4.79 Å². The average molecular weight is 297 g/mol. The third-order valence-electron chi connectivity index (χ3n) is 3.39. The van der Waals surface area contributed by atoms with Gasteiger partial charge < -0.3 is 11.1 Å². The Morgan fingerprint density at radius 3 is 2.71 bits per heavy atom. The zero-order valence-corrected chi connectivity index (χ0v) is 11.5. The molecular weight excluding hydrogens is 280 g/mol. The Balaban J connectivity index is 2.16. The number of halogens is 1. The molecule has 1 fully saturated rings. The van der Waals surface area contributed by atoms with Crippen molar-refractivity contribution in [3.63, 3.8) is 0 Å². The molecule has 1 aromatic carbocycles. The largest absolute Gasteiger partial charge is 0.323 e. The number of hydrogen-bond acceptors (Lipinski definition) is 2. The molecule has 1 amide bonds. The Kier molecular flexibility index (Phi) is 3.54. The number of carbonyl (C=O) groups excluding carboxylic acids is 1. The number of carbonyl (C=O) groups is 1. The van der Waals surface area contributed by atoms with Gasteiger partial charge in [-0.3, -0.25) is 4.79 Å². The van der Waals surface area contributed by atoms with Crippen LogP contribution in [0.15, 0.2) is 22.7 Å². The molecule has 0 saturated heterocycles. The van der Waals surface area contributed by atoms with Gasteiger partial charge in [-0.15, -0.1) is 0 Å². The minimum atomic E-state index is -0.677. The van der Waals surface area contributed by atoms with Crippen LogP contribution in [0.5, 0.6) is 0 Å². The maximum absolute atomic E-state index is 12.1. The van der Waals surface area contributed by atoms with E-state index in [0.717, 1.165) is 41.4 Å². The molecule has 2 rings (SSSR count). The lowest BCUT2D eigenvalue weighted by atomic mass is 9.98. The zero-order chi connectivity index (χ0) is 12.5. The molecule has 4 heteroatoms. The lowest BCUT2D eigenvalue weighted by Gasteiger charge is -2.22. The van der Waals surface area contributed by atoms with Crippen molar-refractivity contribution in [3.8, 4) is 0 Å². The highest BCUT2D eigenvalue weighted by molar-refractivity contribution is 9.10. The van der Waals surface area contributed by atoms with Crippen LogP contribution < -0.4 is 11.1 Å². The summed E-state index contributed by atoms with van der Waals surface area (Å²) in [6, 6.07) is 5.80. The van der Waals surface area contributed by atoms with Crippen molar-refractivity contribution in [2.24, 2.45) is 5.73 Å². The standard InChI is InChI=1S/C13H17BrN2O/c1-9-5-4-6-10(11(9)14)16-12(17)13(15)7-2-3-8-13/h4-6H,2-3,7-8,15H2,1H3,(H,16,17). The fourth-order valence-corrected chi connectivity index (χ4v) is 2.59. The molecule has 0 aromatic heterocycles. The van der Waals surface area contributed by atoms with E-state index >= 15 is 0 Å². The molecule has 3 N–H and O–H groups in total. The lowest BCUT2D eigenvalue weighted by Crippen LogP contribution is -2.48. The number of hydrogen-bond donors (Lipinski definition) is 2. The molecule has 0 atom stereocenters. The van der Waals surface area contributed by atoms with Crippen LogP contribution in [0.25, 0.3) is 0 Å². The molecule has 0 spiro atoms. The molecule has 0 unspecified atom stereocenters. The van der Waals surface area contributed by atoms with E-state index in [1.807, 2.05) is 25.1 Å². The van der Waals surface area contributed by atoms with Crippen molar-refractivity contribution in [2.45, 2.75) is 38.1 Å². The number of benzene rings is 1. The first-order valence-electron chi connectivity index (χ1n) is 5.88. The Bertz CT molecular complexity index is 439. The van der Waals surface area contributed by atoms with Crippen LogP contribution in [0.3, 0.4) is 0 Å². The van der Waals surface area contributed by atoms with Crippen molar-refractivity contribution in [1.29, 1.82) is 0 Å². The number of rotatable bonds is 2. The number of amides is 1. The first-order chi connectivity index (χ1) is 8.03. The van der Waals surface area contributed by atoms with Gasteiger partial charge in [0.05, 0.1) is 11.2 Å². The molecule has 1 saturated carbocycles. The molecular formula is C13H17BrN2O. The summed E-state index contributed by atoms with van der Waals surface area (Å²) in [6.45, 7) is 1.99. The number of anilines is 1. The molecule has 92 valence electrons. The van der Waals surface area contributed by atoms with Crippen LogP contribution in [-0.4, -0.2) is 11.4 Å².